The summed E-state index contributed by atoms with van der Waals surface area (Å²) in [5, 5.41) is 0. The van der Waals surface area contributed by atoms with Gasteiger partial charge in [0.2, 0.25) is 0 Å². The summed E-state index contributed by atoms with van der Waals surface area (Å²) in [6.07, 6.45) is 7.00. The van der Waals surface area contributed by atoms with E-state index in [9.17, 15) is 4.79 Å². The lowest BCUT2D eigenvalue weighted by Crippen LogP contribution is -2.23. The summed E-state index contributed by atoms with van der Waals surface area (Å²) < 4.78 is 0. The number of likely N-dealkylation sites (tertiary alicyclic amines) is 1. The van der Waals surface area contributed by atoms with Gasteiger partial charge in [-0.2, -0.15) is 0 Å². The first-order chi connectivity index (χ1) is 6.36. The number of hydrogen-bond donors (Lipinski definition) is 0. The molecule has 0 aromatic carbocycles. The van der Waals surface area contributed by atoms with Gasteiger partial charge in [-0.1, -0.05) is 0 Å². The lowest BCUT2D eigenvalue weighted by atomic mass is 10.0. The van der Waals surface area contributed by atoms with Crippen molar-refractivity contribution in [2.75, 3.05) is 19.6 Å². The molecular formula is C11H19NO. The predicted molar refractivity (Wildman–Crippen MR) is 52.6 cm³/mol. The van der Waals surface area contributed by atoms with Crippen molar-refractivity contribution in [1.82, 2.24) is 4.90 Å². The molecule has 13 heavy (non-hydrogen) atoms. The van der Waals surface area contributed by atoms with E-state index in [1.54, 1.807) is 0 Å². The Bertz CT molecular complexity index is 185. The first-order valence-electron chi connectivity index (χ1n) is 5.61. The highest BCUT2D eigenvalue weighted by molar-refractivity contribution is 5.82. The predicted octanol–water partition coefficient (Wildman–Crippen LogP) is 1.84. The molecule has 2 heteroatoms. The minimum absolute atomic E-state index is 0.417. The van der Waals surface area contributed by atoms with Crippen LogP contribution in [0.25, 0.3) is 0 Å². The largest absolute Gasteiger partial charge is 0.303 e. The topological polar surface area (TPSA) is 20.3 Å². The minimum Gasteiger partial charge on any atom is -0.303 e. The molecule has 0 bridgehead atoms. The summed E-state index contributed by atoms with van der Waals surface area (Å²) in [5.74, 6) is 0.944. The van der Waals surface area contributed by atoms with E-state index in [1.165, 1.54) is 25.9 Å². The van der Waals surface area contributed by atoms with Crippen molar-refractivity contribution in [3.8, 4) is 0 Å². The summed E-state index contributed by atoms with van der Waals surface area (Å²) in [5.41, 5.74) is 0. The molecule has 1 saturated carbocycles. The van der Waals surface area contributed by atoms with Crippen LogP contribution in [0.5, 0.6) is 0 Å². The molecule has 0 N–H and O–H groups in total. The molecule has 0 aromatic heterocycles. The SMILES string of the molecule is O=C1CCCC1CCN1CCCC1. The van der Waals surface area contributed by atoms with Crippen LogP contribution >= 0.6 is 0 Å². The van der Waals surface area contributed by atoms with E-state index in [1.807, 2.05) is 0 Å². The second kappa shape index (κ2) is 4.23. The van der Waals surface area contributed by atoms with E-state index in [0.717, 1.165) is 32.2 Å². The molecule has 0 radical (unpaired) electrons. The standard InChI is InChI=1S/C11H19NO/c13-11-5-3-4-10(11)6-9-12-7-1-2-8-12/h10H,1-9H2. The Balaban J connectivity index is 1.69. The molecule has 0 spiro atoms. The van der Waals surface area contributed by atoms with Gasteiger partial charge in [0, 0.05) is 12.3 Å². The fraction of sp³-hybridized carbons (Fsp3) is 0.909. The van der Waals surface area contributed by atoms with Gasteiger partial charge in [0.25, 0.3) is 0 Å². The molecule has 1 aliphatic heterocycles. The van der Waals surface area contributed by atoms with Gasteiger partial charge in [-0.25, -0.2) is 0 Å². The fourth-order valence-electron chi connectivity index (χ4n) is 2.54. The minimum atomic E-state index is 0.417. The summed E-state index contributed by atoms with van der Waals surface area (Å²) >= 11 is 0. The van der Waals surface area contributed by atoms with E-state index in [4.69, 9.17) is 0 Å². The van der Waals surface area contributed by atoms with Gasteiger partial charge >= 0.3 is 0 Å². The van der Waals surface area contributed by atoms with Gasteiger partial charge in [-0.15, -0.1) is 0 Å². The third kappa shape index (κ3) is 2.31. The molecule has 0 aromatic rings. The van der Waals surface area contributed by atoms with Crippen LogP contribution in [0.4, 0.5) is 0 Å². The summed E-state index contributed by atoms with van der Waals surface area (Å²) in [6.45, 7) is 3.69. The zero-order valence-corrected chi connectivity index (χ0v) is 8.30. The molecule has 1 aliphatic carbocycles. The van der Waals surface area contributed by atoms with Crippen LogP contribution in [0.2, 0.25) is 0 Å². The molecule has 74 valence electrons. The normalized spacial score (nSPS) is 30.2. The van der Waals surface area contributed by atoms with Crippen molar-refractivity contribution in [1.29, 1.82) is 0 Å². The molecule has 2 nitrogen and oxygen atoms in total. The second-order valence-corrected chi connectivity index (χ2v) is 4.39. The van der Waals surface area contributed by atoms with Gasteiger partial charge < -0.3 is 4.90 Å². The molecule has 2 rings (SSSR count). The maximum atomic E-state index is 11.4. The Hall–Kier alpha value is -0.370. The first kappa shape index (κ1) is 9.20. The average Bonchev–Trinajstić information content (AvgIpc) is 2.72. The molecule has 2 fully saturated rings. The number of nitrogens with zero attached hydrogens (tertiary/aromatic N) is 1. The molecule has 2 aliphatic rings. The van der Waals surface area contributed by atoms with Crippen LogP contribution in [-0.4, -0.2) is 30.3 Å². The zero-order chi connectivity index (χ0) is 9.10. The summed E-state index contributed by atoms with van der Waals surface area (Å²) in [6, 6.07) is 0. The molecule has 1 atom stereocenters. The Morgan fingerprint density at radius 2 is 2.00 bits per heavy atom. The molecule has 1 heterocycles. The number of carbonyl (C=O) groups is 1. The van der Waals surface area contributed by atoms with Crippen molar-refractivity contribution in [2.45, 2.75) is 38.5 Å². The fourth-order valence-corrected chi connectivity index (χ4v) is 2.54. The van der Waals surface area contributed by atoms with Gasteiger partial charge in [-0.05, 0) is 51.7 Å². The van der Waals surface area contributed by atoms with Gasteiger partial charge in [-0.3, -0.25) is 4.79 Å². The van der Waals surface area contributed by atoms with Crippen molar-refractivity contribution in [3.63, 3.8) is 0 Å². The third-order valence-corrected chi connectivity index (χ3v) is 3.42. The van der Waals surface area contributed by atoms with E-state index < -0.39 is 0 Å². The van der Waals surface area contributed by atoms with E-state index in [2.05, 4.69) is 4.90 Å². The molecular weight excluding hydrogens is 162 g/mol. The number of carbonyl (C=O) groups excluding carboxylic acids is 1. The van der Waals surface area contributed by atoms with Crippen molar-refractivity contribution >= 4 is 5.78 Å². The highest BCUT2D eigenvalue weighted by Gasteiger charge is 2.24. The van der Waals surface area contributed by atoms with Gasteiger partial charge in [0.15, 0.2) is 0 Å². The third-order valence-electron chi connectivity index (χ3n) is 3.42. The van der Waals surface area contributed by atoms with Crippen molar-refractivity contribution in [3.05, 3.63) is 0 Å². The van der Waals surface area contributed by atoms with E-state index in [0.29, 0.717) is 11.7 Å². The van der Waals surface area contributed by atoms with E-state index in [-0.39, 0.29) is 0 Å². The Kier molecular flexibility index (Phi) is 2.99. The zero-order valence-electron chi connectivity index (χ0n) is 8.30. The maximum Gasteiger partial charge on any atom is 0.136 e. The Labute approximate surface area is 80.3 Å². The number of rotatable bonds is 3. The van der Waals surface area contributed by atoms with Crippen LogP contribution in [-0.2, 0) is 4.79 Å². The Morgan fingerprint density at radius 3 is 2.62 bits per heavy atom. The number of hydrogen-bond acceptors (Lipinski definition) is 2. The summed E-state index contributed by atoms with van der Waals surface area (Å²) in [4.78, 5) is 13.9. The van der Waals surface area contributed by atoms with Crippen LogP contribution in [0.15, 0.2) is 0 Å². The van der Waals surface area contributed by atoms with Crippen LogP contribution < -0.4 is 0 Å². The lowest BCUT2D eigenvalue weighted by molar-refractivity contribution is -0.120. The highest BCUT2D eigenvalue weighted by Crippen LogP contribution is 2.24. The van der Waals surface area contributed by atoms with Crippen LogP contribution in [0.3, 0.4) is 0 Å². The van der Waals surface area contributed by atoms with Crippen LogP contribution in [0.1, 0.15) is 38.5 Å². The number of Topliss-reactive ketones (excluding diaryl/α,β-unsaturated/α-hetero) is 1. The van der Waals surface area contributed by atoms with Crippen molar-refractivity contribution < 1.29 is 4.79 Å². The summed E-state index contributed by atoms with van der Waals surface area (Å²) in [7, 11) is 0. The monoisotopic (exact) mass is 181 g/mol. The second-order valence-electron chi connectivity index (χ2n) is 4.39. The lowest BCUT2D eigenvalue weighted by Gasteiger charge is -2.16. The van der Waals surface area contributed by atoms with E-state index >= 15 is 0 Å². The first-order valence-corrected chi connectivity index (χ1v) is 5.61. The smallest absolute Gasteiger partial charge is 0.136 e. The quantitative estimate of drug-likeness (QED) is 0.662. The maximum absolute atomic E-state index is 11.4. The van der Waals surface area contributed by atoms with Gasteiger partial charge in [0.1, 0.15) is 5.78 Å². The number of ketones is 1. The molecule has 1 saturated heterocycles. The average molecular weight is 181 g/mol. The Morgan fingerprint density at radius 1 is 1.23 bits per heavy atom. The highest BCUT2D eigenvalue weighted by atomic mass is 16.1. The molecule has 0 amide bonds. The molecule has 1 unspecified atom stereocenters. The van der Waals surface area contributed by atoms with Gasteiger partial charge in [0.05, 0.1) is 0 Å². The van der Waals surface area contributed by atoms with Crippen molar-refractivity contribution in [2.24, 2.45) is 5.92 Å². The van der Waals surface area contributed by atoms with Crippen LogP contribution in [0, 0.1) is 5.92 Å².